The summed E-state index contributed by atoms with van der Waals surface area (Å²) < 4.78 is 10.4. The van der Waals surface area contributed by atoms with Gasteiger partial charge in [0.05, 0.1) is 25.2 Å². The molecule has 0 amide bonds. The maximum Gasteiger partial charge on any atom is 0.296 e. The highest BCUT2D eigenvalue weighted by Crippen LogP contribution is 2.39. The molecule has 0 bridgehead atoms. The predicted octanol–water partition coefficient (Wildman–Crippen LogP) is 3.60. The Morgan fingerprint density at radius 1 is 1.14 bits per heavy atom. The minimum atomic E-state index is -0.393. The van der Waals surface area contributed by atoms with Crippen molar-refractivity contribution in [3.8, 4) is 11.5 Å². The number of hydrogen-bond donors (Lipinski definition) is 1. The Labute approximate surface area is 124 Å². The third-order valence-corrected chi connectivity index (χ3v) is 4.07. The molecule has 1 aliphatic carbocycles. The molecule has 1 saturated carbocycles. The van der Waals surface area contributed by atoms with Crippen molar-refractivity contribution >= 4 is 11.4 Å². The minimum Gasteiger partial charge on any atom is -0.493 e. The molecule has 6 heteroatoms. The van der Waals surface area contributed by atoms with Gasteiger partial charge in [-0.2, -0.15) is 0 Å². The molecule has 0 aliphatic heterocycles. The fourth-order valence-electron chi connectivity index (χ4n) is 2.76. The Balaban J connectivity index is 2.26. The number of rotatable bonds is 5. The molecule has 0 atom stereocenters. The minimum absolute atomic E-state index is 0.0197. The average Bonchev–Trinajstić information content (AvgIpc) is 2.48. The molecule has 116 valence electrons. The van der Waals surface area contributed by atoms with E-state index in [2.05, 4.69) is 12.2 Å². The van der Waals surface area contributed by atoms with Crippen LogP contribution in [-0.4, -0.2) is 25.2 Å². The van der Waals surface area contributed by atoms with Crippen LogP contribution in [0.3, 0.4) is 0 Å². The number of methoxy groups -OCH3 is 2. The van der Waals surface area contributed by atoms with Crippen molar-refractivity contribution in [3.05, 3.63) is 22.2 Å². The van der Waals surface area contributed by atoms with Crippen molar-refractivity contribution in [2.45, 2.75) is 38.6 Å². The number of nitrogens with zero attached hydrogens (tertiary/aromatic N) is 1. The van der Waals surface area contributed by atoms with Gasteiger partial charge in [0.25, 0.3) is 5.69 Å². The predicted molar refractivity (Wildman–Crippen MR) is 81.2 cm³/mol. The van der Waals surface area contributed by atoms with Gasteiger partial charge in [0.2, 0.25) is 0 Å². The maximum absolute atomic E-state index is 11.3. The van der Waals surface area contributed by atoms with Crippen LogP contribution in [-0.2, 0) is 0 Å². The third-order valence-electron chi connectivity index (χ3n) is 4.07. The van der Waals surface area contributed by atoms with Gasteiger partial charge < -0.3 is 14.8 Å². The normalized spacial score (nSPS) is 21.7. The van der Waals surface area contributed by atoms with E-state index >= 15 is 0 Å². The highest BCUT2D eigenvalue weighted by Gasteiger charge is 2.24. The van der Waals surface area contributed by atoms with Crippen LogP contribution < -0.4 is 14.8 Å². The Bertz CT molecular complexity index is 511. The van der Waals surface area contributed by atoms with Gasteiger partial charge in [-0.15, -0.1) is 0 Å². The molecule has 0 spiro atoms. The monoisotopic (exact) mass is 294 g/mol. The molecule has 1 fully saturated rings. The van der Waals surface area contributed by atoms with Crippen molar-refractivity contribution in [1.82, 2.24) is 0 Å². The molecular weight excluding hydrogens is 272 g/mol. The molecule has 0 unspecified atom stereocenters. The molecular formula is C15H22N2O4. The number of hydrogen-bond acceptors (Lipinski definition) is 5. The molecule has 6 nitrogen and oxygen atoms in total. The van der Waals surface area contributed by atoms with Crippen LogP contribution >= 0.6 is 0 Å². The van der Waals surface area contributed by atoms with Crippen LogP contribution in [0.5, 0.6) is 11.5 Å². The zero-order valence-corrected chi connectivity index (χ0v) is 12.7. The number of ether oxygens (including phenoxy) is 2. The van der Waals surface area contributed by atoms with E-state index < -0.39 is 4.92 Å². The van der Waals surface area contributed by atoms with Crippen molar-refractivity contribution in [1.29, 1.82) is 0 Å². The van der Waals surface area contributed by atoms with Crippen molar-refractivity contribution in [2.24, 2.45) is 5.92 Å². The van der Waals surface area contributed by atoms with Crippen LogP contribution in [0.2, 0.25) is 0 Å². The number of anilines is 1. The lowest BCUT2D eigenvalue weighted by Gasteiger charge is -2.27. The maximum atomic E-state index is 11.3. The molecule has 21 heavy (non-hydrogen) atoms. The summed E-state index contributed by atoms with van der Waals surface area (Å²) in [6, 6.07) is 3.33. The number of nitrogens with one attached hydrogen (secondary N) is 1. The zero-order chi connectivity index (χ0) is 15.4. The molecule has 0 heterocycles. The lowest BCUT2D eigenvalue weighted by molar-refractivity contribution is -0.384. The first-order valence-corrected chi connectivity index (χ1v) is 7.22. The lowest BCUT2D eigenvalue weighted by atomic mass is 9.87. The van der Waals surface area contributed by atoms with Crippen molar-refractivity contribution < 1.29 is 14.4 Å². The van der Waals surface area contributed by atoms with E-state index in [-0.39, 0.29) is 11.7 Å². The summed E-state index contributed by atoms with van der Waals surface area (Å²) in [4.78, 5) is 10.9. The van der Waals surface area contributed by atoms with Crippen molar-refractivity contribution in [2.75, 3.05) is 19.5 Å². The van der Waals surface area contributed by atoms with Crippen LogP contribution in [0.15, 0.2) is 12.1 Å². The van der Waals surface area contributed by atoms with Crippen molar-refractivity contribution in [3.63, 3.8) is 0 Å². The fraction of sp³-hybridized carbons (Fsp3) is 0.600. The van der Waals surface area contributed by atoms with Gasteiger partial charge in [-0.05, 0) is 31.6 Å². The van der Waals surface area contributed by atoms with Gasteiger partial charge in [0.15, 0.2) is 11.5 Å². The summed E-state index contributed by atoms with van der Waals surface area (Å²) in [5, 5.41) is 14.6. The molecule has 0 aromatic heterocycles. The smallest absolute Gasteiger partial charge is 0.296 e. The summed E-state index contributed by atoms with van der Waals surface area (Å²) in [7, 11) is 2.99. The van der Waals surface area contributed by atoms with Crippen LogP contribution in [0, 0.1) is 16.0 Å². The summed E-state index contributed by atoms with van der Waals surface area (Å²) in [6.45, 7) is 2.25. The molecule has 0 radical (unpaired) electrons. The second kappa shape index (κ2) is 6.65. The quantitative estimate of drug-likeness (QED) is 0.663. The van der Waals surface area contributed by atoms with Gasteiger partial charge in [-0.25, -0.2) is 0 Å². The van der Waals surface area contributed by atoms with E-state index in [9.17, 15) is 10.1 Å². The van der Waals surface area contributed by atoms with E-state index in [1.807, 2.05) is 0 Å². The molecule has 1 aliphatic rings. The Kier molecular flexibility index (Phi) is 4.88. The summed E-state index contributed by atoms with van der Waals surface area (Å²) in [5.74, 6) is 1.60. The van der Waals surface area contributed by atoms with Crippen LogP contribution in [0.25, 0.3) is 0 Å². The van der Waals surface area contributed by atoms with E-state index in [0.717, 1.165) is 31.6 Å². The number of nitro benzene ring substituents is 1. The third kappa shape index (κ3) is 3.56. The molecule has 2 rings (SSSR count). The molecule has 1 aromatic rings. The molecule has 0 saturated heterocycles. The second-order valence-corrected chi connectivity index (χ2v) is 5.58. The first-order valence-electron chi connectivity index (χ1n) is 7.22. The molecule has 1 aromatic carbocycles. The van der Waals surface area contributed by atoms with Gasteiger partial charge in [0, 0.05) is 12.1 Å². The summed E-state index contributed by atoms with van der Waals surface area (Å²) in [5.41, 5.74) is 0.517. The summed E-state index contributed by atoms with van der Waals surface area (Å²) >= 11 is 0. The number of nitro groups is 1. The van der Waals surface area contributed by atoms with E-state index in [1.165, 1.54) is 20.3 Å². The second-order valence-electron chi connectivity index (χ2n) is 5.58. The van der Waals surface area contributed by atoms with Gasteiger partial charge in [0.1, 0.15) is 5.69 Å². The standard InChI is InChI=1S/C15H22N2O4/c1-10-4-6-11(7-5-10)16-12-8-14(20-2)15(21-3)9-13(12)17(18)19/h8-11,16H,4-7H2,1-3H3. The van der Waals surface area contributed by atoms with Crippen LogP contribution in [0.4, 0.5) is 11.4 Å². The Morgan fingerprint density at radius 3 is 2.24 bits per heavy atom. The topological polar surface area (TPSA) is 73.6 Å². The van der Waals surface area contributed by atoms with Crippen LogP contribution in [0.1, 0.15) is 32.6 Å². The SMILES string of the molecule is COc1cc(NC2CCC(C)CC2)c([N+](=O)[O-])cc1OC. The fourth-order valence-corrected chi connectivity index (χ4v) is 2.76. The van der Waals surface area contributed by atoms with E-state index in [1.54, 1.807) is 6.07 Å². The van der Waals surface area contributed by atoms with Gasteiger partial charge >= 0.3 is 0 Å². The number of benzene rings is 1. The highest BCUT2D eigenvalue weighted by atomic mass is 16.6. The summed E-state index contributed by atoms with van der Waals surface area (Å²) in [6.07, 6.45) is 4.37. The zero-order valence-electron chi connectivity index (χ0n) is 12.7. The van der Waals surface area contributed by atoms with Gasteiger partial charge in [-0.3, -0.25) is 10.1 Å². The highest BCUT2D eigenvalue weighted by molar-refractivity contribution is 5.68. The Morgan fingerprint density at radius 2 is 1.71 bits per heavy atom. The first-order chi connectivity index (χ1) is 10.0. The Hall–Kier alpha value is -1.98. The average molecular weight is 294 g/mol. The largest absolute Gasteiger partial charge is 0.493 e. The molecule has 1 N–H and O–H groups in total. The van der Waals surface area contributed by atoms with E-state index in [4.69, 9.17) is 9.47 Å². The lowest BCUT2D eigenvalue weighted by Crippen LogP contribution is -2.25. The van der Waals surface area contributed by atoms with E-state index in [0.29, 0.717) is 17.2 Å². The van der Waals surface area contributed by atoms with Gasteiger partial charge in [-0.1, -0.05) is 6.92 Å². The first kappa shape index (κ1) is 15.4.